The molecule has 3 rings (SSSR count). The van der Waals surface area contributed by atoms with E-state index in [2.05, 4.69) is 0 Å². The molecular weight excluding hydrogens is 354 g/mol. The summed E-state index contributed by atoms with van der Waals surface area (Å²) < 4.78 is 11.1. The molecule has 0 spiro atoms. The third-order valence-corrected chi connectivity index (χ3v) is 5.31. The van der Waals surface area contributed by atoms with Crippen LogP contribution >= 0.6 is 11.8 Å². The first kappa shape index (κ1) is 18.3. The van der Waals surface area contributed by atoms with Crippen LogP contribution < -0.4 is 19.9 Å². The maximum absolute atomic E-state index is 12.3. The number of hydrogen-bond acceptors (Lipinski definition) is 6. The summed E-state index contributed by atoms with van der Waals surface area (Å²) >= 11 is 1.54. The van der Waals surface area contributed by atoms with Crippen molar-refractivity contribution in [3.8, 4) is 11.5 Å². The second-order valence-electron chi connectivity index (χ2n) is 5.77. The first-order valence-corrected chi connectivity index (χ1v) is 9.34. The van der Waals surface area contributed by atoms with Gasteiger partial charge in [0.25, 0.3) is 0 Å². The van der Waals surface area contributed by atoms with Crippen molar-refractivity contribution in [1.82, 2.24) is 0 Å². The van der Waals surface area contributed by atoms with Gasteiger partial charge >= 0.3 is 5.97 Å². The lowest BCUT2D eigenvalue weighted by atomic mass is 10.2. The molecule has 7 heteroatoms. The van der Waals surface area contributed by atoms with Crippen molar-refractivity contribution in [2.24, 2.45) is 0 Å². The van der Waals surface area contributed by atoms with Crippen LogP contribution in [0.3, 0.4) is 0 Å². The summed E-state index contributed by atoms with van der Waals surface area (Å²) in [4.78, 5) is 23.3. The number of carbonyl (C=O) groups excluding carboxylic acids is 2. The van der Waals surface area contributed by atoms with Crippen molar-refractivity contribution >= 4 is 23.7 Å². The number of benzene rings is 2. The fourth-order valence-electron chi connectivity index (χ4n) is 2.67. The van der Waals surface area contributed by atoms with Crippen molar-refractivity contribution in [2.45, 2.75) is 18.3 Å². The molecule has 2 aromatic carbocycles. The fraction of sp³-hybridized carbons (Fsp3) is 0.263. The summed E-state index contributed by atoms with van der Waals surface area (Å²) in [5.74, 6) is -0.234. The number of thioether (sulfide) groups is 1. The lowest BCUT2D eigenvalue weighted by Gasteiger charge is -2.15. The maximum atomic E-state index is 12.3. The molecule has 2 aromatic rings. The van der Waals surface area contributed by atoms with E-state index < -0.39 is 18.0 Å². The average molecular weight is 373 g/mol. The molecule has 1 aliphatic rings. The molecule has 136 valence electrons. The van der Waals surface area contributed by atoms with E-state index in [1.807, 2.05) is 19.1 Å². The number of rotatable bonds is 6. The normalized spacial score (nSPS) is 19.1. The van der Waals surface area contributed by atoms with Crippen molar-refractivity contribution in [3.05, 3.63) is 59.7 Å². The molecular formula is C19H19NO5S. The number of aliphatic carboxylic acids is 1. The Labute approximate surface area is 155 Å². The quantitative estimate of drug-likeness (QED) is 0.593. The second kappa shape index (κ2) is 8.25. The minimum atomic E-state index is -1.06. The zero-order valence-electron chi connectivity index (χ0n) is 14.2. The predicted molar refractivity (Wildman–Crippen MR) is 94.9 cm³/mol. The summed E-state index contributed by atoms with van der Waals surface area (Å²) in [6.07, 6.45) is 0. The highest BCUT2D eigenvalue weighted by molar-refractivity contribution is 7.99. The molecule has 0 radical (unpaired) electrons. The number of ether oxygens (including phenoxy) is 2. The van der Waals surface area contributed by atoms with Gasteiger partial charge in [-0.05, 0) is 37.3 Å². The van der Waals surface area contributed by atoms with Crippen molar-refractivity contribution < 1.29 is 29.5 Å². The van der Waals surface area contributed by atoms with E-state index in [1.165, 1.54) is 11.8 Å². The molecule has 26 heavy (non-hydrogen) atoms. The molecule has 1 aliphatic heterocycles. The van der Waals surface area contributed by atoms with E-state index in [0.29, 0.717) is 29.4 Å². The highest BCUT2D eigenvalue weighted by Crippen LogP contribution is 2.34. The summed E-state index contributed by atoms with van der Waals surface area (Å²) in [5.41, 5.74) is 1.36. The zero-order valence-corrected chi connectivity index (χ0v) is 15.0. The number of carboxylic acid groups (broad SMARTS) is 1. The maximum Gasteiger partial charge on any atom is 0.343 e. The van der Waals surface area contributed by atoms with Gasteiger partial charge in [0, 0.05) is 5.56 Å². The molecule has 6 nitrogen and oxygen atoms in total. The van der Waals surface area contributed by atoms with Crippen LogP contribution in [-0.2, 0) is 4.79 Å². The van der Waals surface area contributed by atoms with E-state index in [0.717, 1.165) is 5.56 Å². The zero-order chi connectivity index (χ0) is 18.5. The highest BCUT2D eigenvalue weighted by Gasteiger charge is 2.31. The van der Waals surface area contributed by atoms with Gasteiger partial charge in [0.15, 0.2) is 16.9 Å². The lowest BCUT2D eigenvalue weighted by Crippen LogP contribution is -2.90. The van der Waals surface area contributed by atoms with Crippen LogP contribution in [0.5, 0.6) is 11.5 Å². The topological polar surface area (TPSA) is 92.3 Å². The fourth-order valence-corrected chi connectivity index (χ4v) is 3.97. The molecule has 2 atom stereocenters. The summed E-state index contributed by atoms with van der Waals surface area (Å²) in [6.45, 7) is 2.26. The molecule has 2 N–H and O–H groups in total. The van der Waals surface area contributed by atoms with Crippen LogP contribution in [0, 0.1) is 0 Å². The van der Waals surface area contributed by atoms with Gasteiger partial charge < -0.3 is 24.7 Å². The van der Waals surface area contributed by atoms with Crippen LogP contribution in [0.4, 0.5) is 0 Å². The summed E-state index contributed by atoms with van der Waals surface area (Å²) in [6, 6.07) is 13.5. The number of nitrogens with two attached hydrogens (primary N) is 1. The summed E-state index contributed by atoms with van der Waals surface area (Å²) in [5, 5.41) is 12.7. The van der Waals surface area contributed by atoms with Gasteiger partial charge in [-0.15, -0.1) is 0 Å². The molecule has 0 aromatic heterocycles. The first-order chi connectivity index (χ1) is 12.6. The van der Waals surface area contributed by atoms with Gasteiger partial charge in [-0.1, -0.05) is 30.0 Å². The van der Waals surface area contributed by atoms with Gasteiger partial charge in [-0.25, -0.2) is 4.79 Å². The molecule has 0 saturated carbocycles. The van der Waals surface area contributed by atoms with Gasteiger partial charge in [-0.2, -0.15) is 0 Å². The Hall–Kier alpha value is -2.51. The van der Waals surface area contributed by atoms with Gasteiger partial charge in [0.1, 0.15) is 12.0 Å². The minimum Gasteiger partial charge on any atom is -0.544 e. The minimum absolute atomic E-state index is 0.0593. The Morgan fingerprint density at radius 3 is 2.62 bits per heavy atom. The van der Waals surface area contributed by atoms with Gasteiger partial charge in [0.05, 0.1) is 17.9 Å². The van der Waals surface area contributed by atoms with Crippen LogP contribution in [-0.4, -0.2) is 30.3 Å². The molecule has 0 unspecified atom stereocenters. The Balaban J connectivity index is 1.79. The first-order valence-electron chi connectivity index (χ1n) is 8.30. The second-order valence-corrected chi connectivity index (χ2v) is 6.94. The van der Waals surface area contributed by atoms with Gasteiger partial charge in [0.2, 0.25) is 0 Å². The van der Waals surface area contributed by atoms with Crippen LogP contribution in [0.1, 0.15) is 28.2 Å². The van der Waals surface area contributed by atoms with Crippen molar-refractivity contribution in [1.29, 1.82) is 0 Å². The highest BCUT2D eigenvalue weighted by atomic mass is 32.2. The monoisotopic (exact) mass is 373 g/mol. The van der Waals surface area contributed by atoms with E-state index in [1.54, 1.807) is 41.7 Å². The van der Waals surface area contributed by atoms with Crippen LogP contribution in [0.2, 0.25) is 0 Å². The molecule has 0 bridgehead atoms. The standard InChI is InChI=1S/C19H19NO5S/c1-2-24-16-10-13(17-20-14(11-26-17)18(21)22)8-9-15(16)25-19(23)12-6-4-3-5-7-12/h3-10,14,17,20H,2,11H2,1H3,(H,21,22)/t14-,17+/m1/s1. The number of carbonyl (C=O) groups is 2. The Morgan fingerprint density at radius 2 is 1.96 bits per heavy atom. The molecule has 0 aliphatic carbocycles. The van der Waals surface area contributed by atoms with Crippen molar-refractivity contribution in [2.75, 3.05) is 12.4 Å². The Morgan fingerprint density at radius 1 is 1.19 bits per heavy atom. The summed E-state index contributed by atoms with van der Waals surface area (Å²) in [7, 11) is 0. The SMILES string of the molecule is CCOc1cc([C@H]2[NH2+][C@@H](C(=O)[O-])CS2)ccc1OC(=O)c1ccccc1. The Kier molecular flexibility index (Phi) is 5.80. The smallest absolute Gasteiger partial charge is 0.343 e. The molecule has 1 heterocycles. The molecule has 0 amide bonds. The van der Waals surface area contributed by atoms with E-state index in [-0.39, 0.29) is 5.37 Å². The third-order valence-electron chi connectivity index (χ3n) is 3.97. The lowest BCUT2D eigenvalue weighted by molar-refractivity contribution is -0.690. The van der Waals surface area contributed by atoms with Crippen LogP contribution in [0.15, 0.2) is 48.5 Å². The molecule has 1 saturated heterocycles. The van der Waals surface area contributed by atoms with E-state index in [4.69, 9.17) is 9.47 Å². The number of esters is 1. The molecule has 1 fully saturated rings. The van der Waals surface area contributed by atoms with Gasteiger partial charge in [-0.3, -0.25) is 0 Å². The third kappa shape index (κ3) is 4.17. The van der Waals surface area contributed by atoms with Crippen molar-refractivity contribution in [3.63, 3.8) is 0 Å². The number of quaternary nitrogens is 1. The predicted octanol–water partition coefficient (Wildman–Crippen LogP) is 0.732. The Bertz CT molecular complexity index is 796. The van der Waals surface area contributed by atoms with Crippen LogP contribution in [0.25, 0.3) is 0 Å². The number of hydrogen-bond donors (Lipinski definition) is 1. The van der Waals surface area contributed by atoms with E-state index >= 15 is 0 Å². The number of carboxylic acids is 1. The average Bonchev–Trinajstić information content (AvgIpc) is 3.14. The van der Waals surface area contributed by atoms with E-state index in [9.17, 15) is 14.7 Å². The largest absolute Gasteiger partial charge is 0.544 e.